The molecule has 17 heavy (non-hydrogen) atoms. The highest BCUT2D eigenvalue weighted by atomic mass is 32.1. The predicted octanol–water partition coefficient (Wildman–Crippen LogP) is 2.14. The summed E-state index contributed by atoms with van der Waals surface area (Å²) in [5.74, 6) is 1.02. The van der Waals surface area contributed by atoms with Gasteiger partial charge in [-0.1, -0.05) is 6.07 Å². The van der Waals surface area contributed by atoms with Gasteiger partial charge in [0.15, 0.2) is 0 Å². The van der Waals surface area contributed by atoms with Gasteiger partial charge in [0, 0.05) is 31.9 Å². The van der Waals surface area contributed by atoms with E-state index in [2.05, 4.69) is 10.3 Å². The molecule has 1 amide bonds. The maximum Gasteiger partial charge on any atom is 0.221 e. The van der Waals surface area contributed by atoms with Crippen molar-refractivity contribution in [2.45, 2.75) is 19.9 Å². The van der Waals surface area contributed by atoms with E-state index in [-0.39, 0.29) is 5.91 Å². The lowest BCUT2D eigenvalue weighted by Crippen LogP contribution is -2.23. The average Bonchev–Trinajstić information content (AvgIpc) is 2.97. The SMILES string of the molecule is CCNC(=O)CCn1ccnc1-c1cccs1. The van der Waals surface area contributed by atoms with Gasteiger partial charge in [-0.15, -0.1) is 11.3 Å². The number of carbonyl (C=O) groups is 1. The lowest BCUT2D eigenvalue weighted by molar-refractivity contribution is -0.121. The molecule has 2 aromatic heterocycles. The molecule has 0 saturated carbocycles. The smallest absolute Gasteiger partial charge is 0.221 e. The van der Waals surface area contributed by atoms with Crippen LogP contribution < -0.4 is 5.32 Å². The fourth-order valence-corrected chi connectivity index (χ4v) is 2.36. The predicted molar refractivity (Wildman–Crippen MR) is 68.8 cm³/mol. The van der Waals surface area contributed by atoms with E-state index in [9.17, 15) is 4.79 Å². The van der Waals surface area contributed by atoms with Crippen LogP contribution in [0.25, 0.3) is 10.7 Å². The second-order valence-electron chi connectivity index (χ2n) is 3.63. The van der Waals surface area contributed by atoms with Gasteiger partial charge in [0.2, 0.25) is 5.91 Å². The van der Waals surface area contributed by atoms with Gasteiger partial charge in [0.05, 0.1) is 4.88 Å². The van der Waals surface area contributed by atoms with Crippen LogP contribution in [0.1, 0.15) is 13.3 Å². The summed E-state index contributed by atoms with van der Waals surface area (Å²) in [7, 11) is 0. The molecule has 0 atom stereocenters. The van der Waals surface area contributed by atoms with Crippen LogP contribution in [0.2, 0.25) is 0 Å². The number of amides is 1. The molecule has 0 aliphatic rings. The number of thiophene rings is 1. The van der Waals surface area contributed by atoms with Crippen LogP contribution in [-0.2, 0) is 11.3 Å². The Morgan fingerprint density at radius 1 is 1.59 bits per heavy atom. The zero-order valence-electron chi connectivity index (χ0n) is 9.72. The highest BCUT2D eigenvalue weighted by molar-refractivity contribution is 7.13. The van der Waals surface area contributed by atoms with Crippen LogP contribution in [0, 0.1) is 0 Å². The van der Waals surface area contributed by atoms with Gasteiger partial charge in [-0.2, -0.15) is 0 Å². The molecule has 0 radical (unpaired) electrons. The third-order valence-corrected chi connectivity index (χ3v) is 3.28. The summed E-state index contributed by atoms with van der Waals surface area (Å²) in [6.45, 7) is 3.27. The summed E-state index contributed by atoms with van der Waals surface area (Å²) in [5.41, 5.74) is 0. The van der Waals surface area contributed by atoms with Gasteiger partial charge in [-0.05, 0) is 18.4 Å². The van der Waals surface area contributed by atoms with E-state index in [4.69, 9.17) is 0 Å². The summed E-state index contributed by atoms with van der Waals surface area (Å²) >= 11 is 1.66. The summed E-state index contributed by atoms with van der Waals surface area (Å²) in [6, 6.07) is 4.04. The molecule has 0 unspecified atom stereocenters. The highest BCUT2D eigenvalue weighted by Gasteiger charge is 2.07. The van der Waals surface area contributed by atoms with Gasteiger partial charge >= 0.3 is 0 Å². The van der Waals surface area contributed by atoms with Gasteiger partial charge in [-0.3, -0.25) is 4.79 Å². The van der Waals surface area contributed by atoms with Crippen molar-refractivity contribution < 1.29 is 4.79 Å². The van der Waals surface area contributed by atoms with E-state index >= 15 is 0 Å². The van der Waals surface area contributed by atoms with Gasteiger partial charge in [0.1, 0.15) is 5.82 Å². The van der Waals surface area contributed by atoms with Crippen molar-refractivity contribution in [2.75, 3.05) is 6.54 Å². The molecule has 0 fully saturated rings. The fourth-order valence-electron chi connectivity index (χ4n) is 1.63. The molecule has 90 valence electrons. The van der Waals surface area contributed by atoms with Gasteiger partial charge in [0.25, 0.3) is 0 Å². The van der Waals surface area contributed by atoms with E-state index in [1.807, 2.05) is 35.2 Å². The average molecular weight is 249 g/mol. The Bertz CT molecular complexity index is 476. The van der Waals surface area contributed by atoms with E-state index in [0.29, 0.717) is 19.5 Å². The van der Waals surface area contributed by atoms with Gasteiger partial charge in [-0.25, -0.2) is 4.98 Å². The Hall–Kier alpha value is -1.62. The Labute approximate surface area is 104 Å². The number of carbonyl (C=O) groups excluding carboxylic acids is 1. The molecule has 0 aliphatic heterocycles. The molecule has 4 nitrogen and oxygen atoms in total. The molecular formula is C12H15N3OS. The normalized spacial score (nSPS) is 10.4. The molecule has 5 heteroatoms. The zero-order valence-corrected chi connectivity index (χ0v) is 10.5. The molecule has 0 aromatic carbocycles. The number of rotatable bonds is 5. The number of hydrogen-bond acceptors (Lipinski definition) is 3. The zero-order chi connectivity index (χ0) is 12.1. The summed E-state index contributed by atoms with van der Waals surface area (Å²) in [6.07, 6.45) is 4.17. The topological polar surface area (TPSA) is 46.9 Å². The first-order valence-corrected chi connectivity index (χ1v) is 6.51. The van der Waals surface area contributed by atoms with Crippen LogP contribution in [0.15, 0.2) is 29.9 Å². The third-order valence-electron chi connectivity index (χ3n) is 2.41. The molecule has 0 bridgehead atoms. The molecule has 2 heterocycles. The van der Waals surface area contributed by atoms with Crippen LogP contribution in [0.3, 0.4) is 0 Å². The third kappa shape index (κ3) is 2.94. The first kappa shape index (κ1) is 11.9. The van der Waals surface area contributed by atoms with E-state index in [1.54, 1.807) is 17.5 Å². The van der Waals surface area contributed by atoms with Crippen LogP contribution in [0.5, 0.6) is 0 Å². The Morgan fingerprint density at radius 2 is 2.47 bits per heavy atom. The second-order valence-corrected chi connectivity index (χ2v) is 4.57. The van der Waals surface area contributed by atoms with Crippen LogP contribution >= 0.6 is 11.3 Å². The standard InChI is InChI=1S/C12H15N3OS/c1-2-13-11(16)5-7-15-8-6-14-12(15)10-4-3-9-17-10/h3-4,6,8-9H,2,5,7H2,1H3,(H,13,16). The molecule has 0 spiro atoms. The second kappa shape index (κ2) is 5.63. The first-order valence-electron chi connectivity index (χ1n) is 5.63. The molecule has 2 rings (SSSR count). The number of hydrogen-bond donors (Lipinski definition) is 1. The lowest BCUT2D eigenvalue weighted by atomic mass is 10.3. The van der Waals surface area contributed by atoms with Crippen molar-refractivity contribution in [2.24, 2.45) is 0 Å². The minimum atomic E-state index is 0.0818. The number of nitrogens with one attached hydrogen (secondary N) is 1. The van der Waals surface area contributed by atoms with Crippen molar-refractivity contribution in [1.82, 2.24) is 14.9 Å². The van der Waals surface area contributed by atoms with Crippen molar-refractivity contribution in [3.63, 3.8) is 0 Å². The lowest BCUT2D eigenvalue weighted by Gasteiger charge is -2.06. The number of aromatic nitrogens is 2. The minimum Gasteiger partial charge on any atom is -0.356 e. The first-order chi connectivity index (χ1) is 8.31. The Morgan fingerprint density at radius 3 is 3.18 bits per heavy atom. The monoisotopic (exact) mass is 249 g/mol. The number of nitrogens with zero attached hydrogens (tertiary/aromatic N) is 2. The summed E-state index contributed by atoms with van der Waals surface area (Å²) in [4.78, 5) is 16.8. The van der Waals surface area contributed by atoms with E-state index in [0.717, 1.165) is 10.7 Å². The van der Waals surface area contributed by atoms with Crippen molar-refractivity contribution in [3.05, 3.63) is 29.9 Å². The van der Waals surface area contributed by atoms with Crippen LogP contribution in [-0.4, -0.2) is 22.0 Å². The van der Waals surface area contributed by atoms with Crippen molar-refractivity contribution in [3.8, 4) is 10.7 Å². The van der Waals surface area contributed by atoms with E-state index in [1.165, 1.54) is 0 Å². The highest BCUT2D eigenvalue weighted by Crippen LogP contribution is 2.22. The molecule has 0 saturated heterocycles. The van der Waals surface area contributed by atoms with Crippen LogP contribution in [0.4, 0.5) is 0 Å². The van der Waals surface area contributed by atoms with E-state index < -0.39 is 0 Å². The summed E-state index contributed by atoms with van der Waals surface area (Å²) in [5, 5.41) is 4.82. The summed E-state index contributed by atoms with van der Waals surface area (Å²) < 4.78 is 2.01. The van der Waals surface area contributed by atoms with Crippen molar-refractivity contribution >= 4 is 17.2 Å². The quantitative estimate of drug-likeness (QED) is 0.882. The minimum absolute atomic E-state index is 0.0818. The molecule has 0 aliphatic carbocycles. The number of imidazole rings is 1. The maximum absolute atomic E-state index is 11.4. The molecular weight excluding hydrogens is 234 g/mol. The van der Waals surface area contributed by atoms with Gasteiger partial charge < -0.3 is 9.88 Å². The number of aryl methyl sites for hydroxylation is 1. The Kier molecular flexibility index (Phi) is 3.93. The molecule has 2 aromatic rings. The largest absolute Gasteiger partial charge is 0.356 e. The Balaban J connectivity index is 2.03. The maximum atomic E-state index is 11.4. The fraction of sp³-hybridized carbons (Fsp3) is 0.333. The molecule has 1 N–H and O–H groups in total. The van der Waals surface area contributed by atoms with Crippen molar-refractivity contribution in [1.29, 1.82) is 0 Å².